The number of hydrogen-bond donors (Lipinski definition) is 0. The number of alkyl halides is 3. The number of para-hydroxylation sites is 1. The number of carbonyl (C=O) groups is 1. The van der Waals surface area contributed by atoms with Gasteiger partial charge in [0.05, 0.1) is 5.56 Å². The van der Waals surface area contributed by atoms with Crippen LogP contribution in [0.2, 0.25) is 0 Å². The van der Waals surface area contributed by atoms with Gasteiger partial charge in [-0.25, -0.2) is 0 Å². The van der Waals surface area contributed by atoms with Crippen LogP contribution in [0.4, 0.5) is 18.9 Å². The first-order valence-electron chi connectivity index (χ1n) is 10.4. The molecule has 0 atom stereocenters. The lowest BCUT2D eigenvalue weighted by Crippen LogP contribution is -2.50. The zero-order valence-corrected chi connectivity index (χ0v) is 17.4. The van der Waals surface area contributed by atoms with Crippen LogP contribution >= 0.6 is 0 Å². The molecule has 0 aromatic heterocycles. The summed E-state index contributed by atoms with van der Waals surface area (Å²) in [5, 5.41) is 0. The van der Waals surface area contributed by atoms with Gasteiger partial charge in [-0.15, -0.1) is 0 Å². The summed E-state index contributed by atoms with van der Waals surface area (Å²) >= 11 is 0. The molecular weight excluding hydrogens is 417 g/mol. The lowest BCUT2D eigenvalue weighted by Gasteiger charge is -2.36. The molecule has 1 aliphatic rings. The second kappa shape index (κ2) is 9.34. The third-order valence-electron chi connectivity index (χ3n) is 5.49. The van der Waals surface area contributed by atoms with E-state index < -0.39 is 11.7 Å². The van der Waals surface area contributed by atoms with Gasteiger partial charge in [0, 0.05) is 37.4 Å². The predicted molar refractivity (Wildman–Crippen MR) is 118 cm³/mol. The Kier molecular flexibility index (Phi) is 6.35. The smallest absolute Gasteiger partial charge is 0.416 e. The van der Waals surface area contributed by atoms with Crippen molar-refractivity contribution in [3.8, 4) is 16.9 Å². The first kappa shape index (κ1) is 21.7. The molecule has 1 heterocycles. The Morgan fingerprint density at radius 2 is 1.53 bits per heavy atom. The van der Waals surface area contributed by atoms with Gasteiger partial charge < -0.3 is 14.5 Å². The maximum atomic E-state index is 13.0. The van der Waals surface area contributed by atoms with Crippen LogP contribution < -0.4 is 9.64 Å². The van der Waals surface area contributed by atoms with E-state index >= 15 is 0 Å². The molecule has 7 heteroatoms. The Morgan fingerprint density at radius 3 is 2.25 bits per heavy atom. The van der Waals surface area contributed by atoms with Crippen molar-refractivity contribution >= 4 is 11.6 Å². The van der Waals surface area contributed by atoms with Crippen LogP contribution in [0.15, 0.2) is 78.9 Å². The number of benzene rings is 3. The summed E-state index contributed by atoms with van der Waals surface area (Å²) in [6.07, 6.45) is -4.37. The Hall–Kier alpha value is -3.48. The standard InChI is InChI=1S/C25H23F3N2O2/c26-25(27,28)20-9-6-10-21(17-20)29-13-15-30(16-14-29)24(31)18-32-23-12-5-4-11-22(23)19-7-2-1-3-8-19/h1-12,17H,13-16,18H2. The van der Waals surface area contributed by atoms with Crippen molar-refractivity contribution in [2.75, 3.05) is 37.7 Å². The van der Waals surface area contributed by atoms with Crippen molar-refractivity contribution in [3.05, 3.63) is 84.4 Å². The van der Waals surface area contributed by atoms with Gasteiger partial charge in [-0.2, -0.15) is 13.2 Å². The van der Waals surface area contributed by atoms with E-state index in [0.717, 1.165) is 23.3 Å². The van der Waals surface area contributed by atoms with E-state index in [1.165, 1.54) is 6.07 Å². The molecule has 0 spiro atoms. The Morgan fingerprint density at radius 1 is 0.844 bits per heavy atom. The molecule has 0 aliphatic carbocycles. The fourth-order valence-corrected chi connectivity index (χ4v) is 3.77. The summed E-state index contributed by atoms with van der Waals surface area (Å²) in [7, 11) is 0. The summed E-state index contributed by atoms with van der Waals surface area (Å²) in [5.74, 6) is 0.492. The van der Waals surface area contributed by atoms with E-state index in [2.05, 4.69) is 0 Å². The fourth-order valence-electron chi connectivity index (χ4n) is 3.77. The first-order valence-corrected chi connectivity index (χ1v) is 10.4. The lowest BCUT2D eigenvalue weighted by atomic mass is 10.1. The molecule has 0 N–H and O–H groups in total. The van der Waals surface area contributed by atoms with Crippen LogP contribution in [0.5, 0.6) is 5.75 Å². The van der Waals surface area contributed by atoms with Crippen LogP contribution in [0.25, 0.3) is 11.1 Å². The fraction of sp³-hybridized carbons (Fsp3) is 0.240. The number of nitrogens with zero attached hydrogens (tertiary/aromatic N) is 2. The van der Waals surface area contributed by atoms with E-state index in [0.29, 0.717) is 37.6 Å². The Balaban J connectivity index is 1.34. The SMILES string of the molecule is O=C(COc1ccccc1-c1ccccc1)N1CCN(c2cccc(C(F)(F)F)c2)CC1. The lowest BCUT2D eigenvalue weighted by molar-refractivity contribution is -0.137. The van der Waals surface area contributed by atoms with E-state index in [-0.39, 0.29) is 12.5 Å². The molecule has 1 fully saturated rings. The van der Waals surface area contributed by atoms with Crippen LogP contribution in [-0.2, 0) is 11.0 Å². The maximum Gasteiger partial charge on any atom is 0.416 e. The van der Waals surface area contributed by atoms with Gasteiger partial charge in [0.15, 0.2) is 6.61 Å². The molecule has 1 amide bonds. The summed E-state index contributed by atoms with van der Waals surface area (Å²) in [4.78, 5) is 16.2. The van der Waals surface area contributed by atoms with Gasteiger partial charge >= 0.3 is 6.18 Å². The van der Waals surface area contributed by atoms with Crippen LogP contribution in [0.1, 0.15) is 5.56 Å². The highest BCUT2D eigenvalue weighted by molar-refractivity contribution is 5.79. The molecule has 166 valence electrons. The molecule has 1 saturated heterocycles. The van der Waals surface area contributed by atoms with Crippen molar-refractivity contribution < 1.29 is 22.7 Å². The molecule has 0 bridgehead atoms. The van der Waals surface area contributed by atoms with Crippen molar-refractivity contribution in [2.45, 2.75) is 6.18 Å². The molecule has 3 aromatic rings. The van der Waals surface area contributed by atoms with Crippen LogP contribution in [0, 0.1) is 0 Å². The van der Waals surface area contributed by atoms with Gasteiger partial charge in [-0.3, -0.25) is 4.79 Å². The van der Waals surface area contributed by atoms with Crippen molar-refractivity contribution in [2.24, 2.45) is 0 Å². The largest absolute Gasteiger partial charge is 0.483 e. The highest BCUT2D eigenvalue weighted by atomic mass is 19.4. The average Bonchev–Trinajstić information content (AvgIpc) is 2.83. The summed E-state index contributed by atoms with van der Waals surface area (Å²) < 4.78 is 44.8. The van der Waals surface area contributed by atoms with Crippen molar-refractivity contribution in [1.29, 1.82) is 0 Å². The number of ether oxygens (including phenoxy) is 1. The zero-order chi connectivity index (χ0) is 22.6. The average molecular weight is 440 g/mol. The van der Waals surface area contributed by atoms with Gasteiger partial charge in [-0.1, -0.05) is 54.6 Å². The predicted octanol–water partition coefficient (Wildman–Crippen LogP) is 5.10. The number of halogens is 3. The van der Waals surface area contributed by atoms with Gasteiger partial charge in [0.2, 0.25) is 0 Å². The summed E-state index contributed by atoms with van der Waals surface area (Å²) in [6.45, 7) is 1.70. The van der Waals surface area contributed by atoms with Crippen LogP contribution in [-0.4, -0.2) is 43.6 Å². The number of rotatable bonds is 5. The highest BCUT2D eigenvalue weighted by Gasteiger charge is 2.31. The third-order valence-corrected chi connectivity index (χ3v) is 5.49. The van der Waals surface area contributed by atoms with E-state index in [4.69, 9.17) is 4.74 Å². The molecule has 4 rings (SSSR count). The number of piperazine rings is 1. The minimum Gasteiger partial charge on any atom is -0.483 e. The molecule has 3 aromatic carbocycles. The van der Waals surface area contributed by atoms with E-state index in [1.54, 1.807) is 11.0 Å². The molecule has 4 nitrogen and oxygen atoms in total. The number of anilines is 1. The van der Waals surface area contributed by atoms with Crippen molar-refractivity contribution in [3.63, 3.8) is 0 Å². The Bertz CT molecular complexity index is 1060. The van der Waals surface area contributed by atoms with Crippen molar-refractivity contribution in [1.82, 2.24) is 4.90 Å². The monoisotopic (exact) mass is 440 g/mol. The van der Waals surface area contributed by atoms with Gasteiger partial charge in [-0.05, 0) is 29.8 Å². The van der Waals surface area contributed by atoms with Gasteiger partial charge in [0.25, 0.3) is 5.91 Å². The van der Waals surface area contributed by atoms with E-state index in [1.807, 2.05) is 59.5 Å². The quantitative estimate of drug-likeness (QED) is 0.554. The van der Waals surface area contributed by atoms with Gasteiger partial charge in [0.1, 0.15) is 5.75 Å². The molecule has 0 saturated carbocycles. The highest BCUT2D eigenvalue weighted by Crippen LogP contribution is 2.32. The Labute approximate surface area is 184 Å². The van der Waals surface area contributed by atoms with E-state index in [9.17, 15) is 18.0 Å². The van der Waals surface area contributed by atoms with Crippen LogP contribution in [0.3, 0.4) is 0 Å². The first-order chi connectivity index (χ1) is 15.4. The topological polar surface area (TPSA) is 32.8 Å². The number of amides is 1. The second-order valence-electron chi connectivity index (χ2n) is 7.57. The normalized spacial score (nSPS) is 14.3. The molecule has 1 aliphatic heterocycles. The number of hydrogen-bond acceptors (Lipinski definition) is 3. The molecule has 0 unspecified atom stereocenters. The molecule has 0 radical (unpaired) electrons. The molecule has 32 heavy (non-hydrogen) atoms. The minimum atomic E-state index is -4.37. The maximum absolute atomic E-state index is 13.0. The molecular formula is C25H23F3N2O2. The minimum absolute atomic E-state index is 0.0899. The summed E-state index contributed by atoms with van der Waals surface area (Å²) in [6, 6.07) is 22.7. The number of carbonyl (C=O) groups excluding carboxylic acids is 1. The summed E-state index contributed by atoms with van der Waals surface area (Å²) in [5.41, 5.74) is 1.76. The third kappa shape index (κ3) is 5.04. The zero-order valence-electron chi connectivity index (χ0n) is 17.4. The second-order valence-corrected chi connectivity index (χ2v) is 7.57.